The zero-order valence-electron chi connectivity index (χ0n) is 15.7. The first kappa shape index (κ1) is 19.0. The second-order valence-electron chi connectivity index (χ2n) is 7.22. The standard InChI is InChI=1S/C21H25N2OPS/c1-5-26-25(24)16-19(21(2,3)4)23(18-14-10-7-11-15-18)22-20(25)17-12-8-6-9-13-17/h6-16H,5H2,1-4H3/t25-/m0/s1. The van der Waals surface area contributed by atoms with Crippen LogP contribution in [-0.4, -0.2) is 11.2 Å². The van der Waals surface area contributed by atoms with Crippen LogP contribution >= 0.6 is 17.7 Å². The maximum atomic E-state index is 13.9. The van der Waals surface area contributed by atoms with E-state index in [0.29, 0.717) is 5.45 Å². The Labute approximate surface area is 160 Å². The van der Waals surface area contributed by atoms with Crippen molar-refractivity contribution in [3.63, 3.8) is 0 Å². The van der Waals surface area contributed by atoms with E-state index in [1.54, 1.807) is 0 Å². The Morgan fingerprint density at radius 2 is 1.58 bits per heavy atom. The highest BCUT2D eigenvalue weighted by Gasteiger charge is 2.38. The molecule has 26 heavy (non-hydrogen) atoms. The van der Waals surface area contributed by atoms with Crippen LogP contribution in [0.15, 0.2) is 77.3 Å². The van der Waals surface area contributed by atoms with E-state index in [-0.39, 0.29) is 5.41 Å². The van der Waals surface area contributed by atoms with Crippen molar-refractivity contribution in [3.05, 3.63) is 77.7 Å². The molecule has 2 aromatic carbocycles. The van der Waals surface area contributed by atoms with E-state index in [2.05, 4.69) is 20.8 Å². The molecule has 0 amide bonds. The number of allylic oxidation sites excluding steroid dienone is 1. The summed E-state index contributed by atoms with van der Waals surface area (Å²) in [5, 5.41) is 6.89. The fourth-order valence-electron chi connectivity index (χ4n) is 2.88. The molecular formula is C21H25N2OPS. The van der Waals surface area contributed by atoms with E-state index >= 15 is 0 Å². The average molecular weight is 384 g/mol. The summed E-state index contributed by atoms with van der Waals surface area (Å²) in [6, 6.07) is 19.9. The molecule has 5 heteroatoms. The van der Waals surface area contributed by atoms with Crippen molar-refractivity contribution in [2.24, 2.45) is 10.5 Å². The fourth-order valence-corrected chi connectivity index (χ4v) is 7.59. The van der Waals surface area contributed by atoms with Gasteiger partial charge in [0, 0.05) is 16.8 Å². The topological polar surface area (TPSA) is 32.7 Å². The summed E-state index contributed by atoms with van der Waals surface area (Å²) < 4.78 is 13.9. The SMILES string of the molecule is CCS[P@@]1(=O)C=C(C(C)(C)C)N(c2ccccc2)N=C1c1ccccc1. The minimum atomic E-state index is -2.79. The maximum Gasteiger partial charge on any atom is 0.209 e. The van der Waals surface area contributed by atoms with E-state index in [4.69, 9.17) is 5.10 Å². The van der Waals surface area contributed by atoms with Crippen LogP contribution < -0.4 is 5.01 Å². The third kappa shape index (κ3) is 3.82. The number of anilines is 1. The molecule has 0 saturated heterocycles. The van der Waals surface area contributed by atoms with Crippen molar-refractivity contribution >= 4 is 28.9 Å². The summed E-state index contributed by atoms with van der Waals surface area (Å²) in [7, 11) is 0. The molecule has 0 N–H and O–H groups in total. The summed E-state index contributed by atoms with van der Waals surface area (Å²) >= 11 is 1.50. The first-order valence-corrected chi connectivity index (χ1v) is 12.2. The zero-order valence-corrected chi connectivity index (χ0v) is 17.4. The Kier molecular flexibility index (Phi) is 5.45. The van der Waals surface area contributed by atoms with Crippen LogP contribution in [0.5, 0.6) is 0 Å². The Balaban J connectivity index is 2.22. The predicted octanol–water partition coefficient (Wildman–Crippen LogP) is 6.79. The van der Waals surface area contributed by atoms with E-state index in [0.717, 1.165) is 22.7 Å². The van der Waals surface area contributed by atoms with Crippen LogP contribution in [0.2, 0.25) is 0 Å². The number of nitrogens with zero attached hydrogens (tertiary/aromatic N) is 2. The van der Waals surface area contributed by atoms with Gasteiger partial charge in [-0.2, -0.15) is 5.10 Å². The lowest BCUT2D eigenvalue weighted by Crippen LogP contribution is -2.30. The third-order valence-corrected chi connectivity index (χ3v) is 9.06. The molecule has 0 saturated carbocycles. The third-order valence-electron chi connectivity index (χ3n) is 4.13. The molecule has 0 fully saturated rings. The van der Waals surface area contributed by atoms with Gasteiger partial charge in [0.05, 0.1) is 11.4 Å². The zero-order chi connectivity index (χ0) is 18.8. The smallest absolute Gasteiger partial charge is 0.209 e. The molecule has 0 bridgehead atoms. The van der Waals surface area contributed by atoms with Crippen LogP contribution in [-0.2, 0) is 4.57 Å². The molecule has 1 atom stereocenters. The molecular weight excluding hydrogens is 359 g/mol. The summed E-state index contributed by atoms with van der Waals surface area (Å²) in [4.78, 5) is 0. The van der Waals surface area contributed by atoms with Gasteiger partial charge in [-0.05, 0) is 17.9 Å². The van der Waals surface area contributed by atoms with E-state index in [1.165, 1.54) is 11.4 Å². The van der Waals surface area contributed by atoms with Gasteiger partial charge in [-0.3, -0.25) is 0 Å². The monoisotopic (exact) mass is 384 g/mol. The van der Waals surface area contributed by atoms with Gasteiger partial charge in [-0.25, -0.2) is 5.01 Å². The van der Waals surface area contributed by atoms with E-state index in [1.807, 2.05) is 78.4 Å². The molecule has 1 heterocycles. The Bertz CT molecular complexity index is 870. The first-order valence-electron chi connectivity index (χ1n) is 8.82. The van der Waals surface area contributed by atoms with Crippen molar-refractivity contribution in [2.45, 2.75) is 27.7 Å². The van der Waals surface area contributed by atoms with Crippen LogP contribution in [0, 0.1) is 5.41 Å². The van der Waals surface area contributed by atoms with Crippen molar-refractivity contribution < 1.29 is 4.57 Å². The van der Waals surface area contributed by atoms with Gasteiger partial charge in [-0.15, -0.1) is 0 Å². The Morgan fingerprint density at radius 1 is 1.00 bits per heavy atom. The molecule has 2 aromatic rings. The highest BCUT2D eigenvalue weighted by atomic mass is 32.7. The fraction of sp³-hybridized carbons (Fsp3) is 0.286. The van der Waals surface area contributed by atoms with Crippen molar-refractivity contribution in [1.29, 1.82) is 0 Å². The van der Waals surface area contributed by atoms with Gasteiger partial charge in [0.1, 0.15) is 5.45 Å². The van der Waals surface area contributed by atoms with Gasteiger partial charge in [0.15, 0.2) is 0 Å². The second kappa shape index (κ2) is 7.46. The number of hydrogen-bond donors (Lipinski definition) is 0. The Morgan fingerprint density at radius 3 is 2.12 bits per heavy atom. The van der Waals surface area contributed by atoms with Crippen molar-refractivity contribution in [1.82, 2.24) is 0 Å². The molecule has 0 spiro atoms. The Hall–Kier alpha value is -1.77. The summed E-state index contributed by atoms with van der Waals surface area (Å²) in [6.45, 7) is 8.46. The minimum Gasteiger partial charge on any atom is -0.301 e. The first-order chi connectivity index (χ1) is 12.3. The van der Waals surface area contributed by atoms with E-state index in [9.17, 15) is 4.57 Å². The molecule has 0 aliphatic carbocycles. The van der Waals surface area contributed by atoms with Gasteiger partial charge in [-0.1, -0.05) is 87.6 Å². The van der Waals surface area contributed by atoms with Crippen LogP contribution in [0.25, 0.3) is 0 Å². The molecule has 3 nitrogen and oxygen atoms in total. The van der Waals surface area contributed by atoms with Gasteiger partial charge >= 0.3 is 0 Å². The molecule has 0 unspecified atom stereocenters. The molecule has 3 rings (SSSR count). The number of para-hydroxylation sites is 1. The summed E-state index contributed by atoms with van der Waals surface area (Å²) in [5.41, 5.74) is 3.37. The largest absolute Gasteiger partial charge is 0.301 e. The number of hydrazone groups is 1. The van der Waals surface area contributed by atoms with Crippen LogP contribution in [0.4, 0.5) is 5.69 Å². The summed E-state index contributed by atoms with van der Waals surface area (Å²) in [6.07, 6.45) is -2.79. The lowest BCUT2D eigenvalue weighted by molar-refractivity contribution is 0.485. The lowest BCUT2D eigenvalue weighted by atomic mass is 9.92. The van der Waals surface area contributed by atoms with Crippen molar-refractivity contribution in [2.75, 3.05) is 10.8 Å². The van der Waals surface area contributed by atoms with Gasteiger partial charge in [0.25, 0.3) is 0 Å². The van der Waals surface area contributed by atoms with Crippen LogP contribution in [0.3, 0.4) is 0 Å². The van der Waals surface area contributed by atoms with Gasteiger partial charge < -0.3 is 4.57 Å². The average Bonchev–Trinajstić information content (AvgIpc) is 2.62. The second-order valence-corrected chi connectivity index (χ2v) is 12.3. The van der Waals surface area contributed by atoms with Gasteiger partial charge in [0.2, 0.25) is 6.34 Å². The molecule has 136 valence electrons. The number of rotatable bonds is 4. The number of hydrogen-bond acceptors (Lipinski definition) is 4. The number of benzene rings is 2. The minimum absolute atomic E-state index is 0.175. The summed E-state index contributed by atoms with van der Waals surface area (Å²) in [5.74, 6) is 2.76. The highest BCUT2D eigenvalue weighted by Crippen LogP contribution is 2.66. The van der Waals surface area contributed by atoms with E-state index < -0.39 is 6.34 Å². The lowest BCUT2D eigenvalue weighted by Gasteiger charge is -2.37. The quantitative estimate of drug-likeness (QED) is 0.544. The van der Waals surface area contributed by atoms with Crippen LogP contribution in [0.1, 0.15) is 33.3 Å². The van der Waals surface area contributed by atoms with Crippen molar-refractivity contribution in [3.8, 4) is 0 Å². The highest BCUT2D eigenvalue weighted by molar-refractivity contribution is 8.64. The molecule has 0 aromatic heterocycles. The normalized spacial score (nSPS) is 20.5. The predicted molar refractivity (Wildman–Crippen MR) is 115 cm³/mol. The maximum absolute atomic E-state index is 13.9. The molecule has 1 aliphatic rings. The molecule has 0 radical (unpaired) electrons. The molecule has 1 aliphatic heterocycles.